The molecule has 1 aromatic heterocycles. The smallest absolute Gasteiger partial charge is 0.250 e. The number of rotatable bonds is 5. The second-order valence-electron chi connectivity index (χ2n) is 4.79. The number of anilines is 2. The van der Waals surface area contributed by atoms with Crippen molar-refractivity contribution in [3.8, 4) is 11.3 Å². The van der Waals surface area contributed by atoms with Crippen molar-refractivity contribution in [1.29, 1.82) is 0 Å². The summed E-state index contributed by atoms with van der Waals surface area (Å²) >= 11 is 1.20. The van der Waals surface area contributed by atoms with Gasteiger partial charge in [-0.1, -0.05) is 18.2 Å². The van der Waals surface area contributed by atoms with Gasteiger partial charge in [-0.2, -0.15) is 0 Å². The van der Waals surface area contributed by atoms with Crippen molar-refractivity contribution in [2.75, 3.05) is 10.6 Å². The summed E-state index contributed by atoms with van der Waals surface area (Å²) in [5, 5.41) is 7.16. The number of aromatic nitrogens is 1. The van der Waals surface area contributed by atoms with Crippen LogP contribution in [-0.4, -0.2) is 16.8 Å². The van der Waals surface area contributed by atoms with E-state index >= 15 is 0 Å². The first kappa shape index (κ1) is 17.6. The van der Waals surface area contributed by atoms with E-state index in [1.54, 1.807) is 29.7 Å². The average Bonchev–Trinajstić information content (AvgIpc) is 2.95. The lowest BCUT2D eigenvalue weighted by atomic mass is 10.1. The Bertz CT molecular complexity index is 812. The fraction of sp³-hybridized carbons (Fsp3) is 0.118. The molecule has 1 heterocycles. The van der Waals surface area contributed by atoms with Crippen molar-refractivity contribution in [1.82, 2.24) is 4.98 Å². The first-order valence-corrected chi connectivity index (χ1v) is 8.01. The molecular formula is C17H16FN3O2S. The zero-order valence-corrected chi connectivity index (χ0v) is 14.0. The molecule has 0 saturated carbocycles. The third kappa shape index (κ3) is 4.85. The fourth-order valence-corrected chi connectivity index (χ4v) is 2.57. The highest BCUT2D eigenvalue weighted by atomic mass is 32.1. The maximum absolute atomic E-state index is 14.2. The van der Waals surface area contributed by atoms with Gasteiger partial charge in [0.15, 0.2) is 5.13 Å². The summed E-state index contributed by atoms with van der Waals surface area (Å²) in [5.74, 6) is -1.08. The van der Waals surface area contributed by atoms with Crippen LogP contribution in [0.5, 0.6) is 0 Å². The third-order valence-corrected chi connectivity index (χ3v) is 3.61. The highest BCUT2D eigenvalue weighted by Gasteiger charge is 2.11. The van der Waals surface area contributed by atoms with Crippen LogP contribution in [0.15, 0.2) is 47.9 Å². The Balaban J connectivity index is 2.13. The Morgan fingerprint density at radius 3 is 2.71 bits per heavy atom. The Hall–Kier alpha value is -2.80. The van der Waals surface area contributed by atoms with Crippen LogP contribution < -0.4 is 10.6 Å². The zero-order valence-electron chi connectivity index (χ0n) is 13.2. The second kappa shape index (κ2) is 8.16. The maximum Gasteiger partial charge on any atom is 0.250 e. The molecule has 0 aliphatic carbocycles. The summed E-state index contributed by atoms with van der Waals surface area (Å²) in [6.07, 6.45) is 6.53. The van der Waals surface area contributed by atoms with Crippen molar-refractivity contribution >= 4 is 34.0 Å². The highest BCUT2D eigenvalue weighted by Crippen LogP contribution is 2.28. The molecule has 2 aromatic rings. The van der Waals surface area contributed by atoms with E-state index < -0.39 is 5.82 Å². The zero-order chi connectivity index (χ0) is 17.5. The molecule has 0 atom stereocenters. The maximum atomic E-state index is 14.2. The first-order valence-electron chi connectivity index (χ1n) is 7.13. The molecule has 0 radical (unpaired) electrons. The van der Waals surface area contributed by atoms with E-state index in [1.165, 1.54) is 36.5 Å². The van der Waals surface area contributed by atoms with E-state index in [2.05, 4.69) is 15.6 Å². The van der Waals surface area contributed by atoms with E-state index in [9.17, 15) is 14.0 Å². The van der Waals surface area contributed by atoms with Gasteiger partial charge in [-0.15, -0.1) is 11.3 Å². The molecule has 7 heteroatoms. The van der Waals surface area contributed by atoms with Crippen LogP contribution >= 0.6 is 11.3 Å². The summed E-state index contributed by atoms with van der Waals surface area (Å²) < 4.78 is 14.2. The Morgan fingerprint density at radius 1 is 1.25 bits per heavy atom. The lowest BCUT2D eigenvalue weighted by molar-refractivity contribution is -0.114. The minimum absolute atomic E-state index is 0.272. The number of amides is 2. The molecule has 2 amide bonds. The minimum Gasteiger partial charge on any atom is -0.326 e. The van der Waals surface area contributed by atoms with Crippen LogP contribution in [0, 0.1) is 5.82 Å². The molecular weight excluding hydrogens is 329 g/mol. The van der Waals surface area contributed by atoms with Crippen LogP contribution in [0.2, 0.25) is 0 Å². The predicted octanol–water partition coefficient (Wildman–Crippen LogP) is 3.98. The molecule has 1 aromatic carbocycles. The van der Waals surface area contributed by atoms with E-state index in [4.69, 9.17) is 0 Å². The van der Waals surface area contributed by atoms with Gasteiger partial charge in [0.05, 0.1) is 5.69 Å². The highest BCUT2D eigenvalue weighted by molar-refractivity contribution is 7.14. The summed E-state index contributed by atoms with van der Waals surface area (Å²) in [6, 6.07) is 4.36. The van der Waals surface area contributed by atoms with Crippen LogP contribution in [0.4, 0.5) is 15.2 Å². The molecule has 5 nitrogen and oxygen atoms in total. The predicted molar refractivity (Wildman–Crippen MR) is 94.4 cm³/mol. The number of nitrogens with zero attached hydrogens (tertiary/aromatic N) is 1. The number of carbonyl (C=O) groups excluding carboxylic acids is 2. The average molecular weight is 345 g/mol. The van der Waals surface area contributed by atoms with E-state index in [1.807, 2.05) is 6.92 Å². The molecule has 0 saturated heterocycles. The Kier molecular flexibility index (Phi) is 5.97. The molecule has 2 N–H and O–H groups in total. The second-order valence-corrected chi connectivity index (χ2v) is 5.65. The number of allylic oxidation sites excluding steroid dienone is 3. The minimum atomic E-state index is -0.502. The summed E-state index contributed by atoms with van der Waals surface area (Å²) in [4.78, 5) is 26.9. The normalized spacial score (nSPS) is 11.1. The molecule has 0 unspecified atom stereocenters. The Labute approximate surface area is 142 Å². The van der Waals surface area contributed by atoms with Gasteiger partial charge in [0.1, 0.15) is 5.82 Å². The van der Waals surface area contributed by atoms with Gasteiger partial charge < -0.3 is 5.32 Å². The van der Waals surface area contributed by atoms with Crippen molar-refractivity contribution in [2.24, 2.45) is 0 Å². The molecule has 124 valence electrons. The molecule has 0 spiro atoms. The van der Waals surface area contributed by atoms with Crippen LogP contribution in [0.25, 0.3) is 11.3 Å². The largest absolute Gasteiger partial charge is 0.326 e. The fourth-order valence-electron chi connectivity index (χ4n) is 1.86. The number of hydrogen-bond donors (Lipinski definition) is 2. The van der Waals surface area contributed by atoms with Crippen LogP contribution in [0.1, 0.15) is 13.8 Å². The van der Waals surface area contributed by atoms with Gasteiger partial charge in [-0.3, -0.25) is 14.9 Å². The lowest BCUT2D eigenvalue weighted by Gasteiger charge is -2.04. The number of hydrogen-bond acceptors (Lipinski definition) is 4. The molecule has 24 heavy (non-hydrogen) atoms. The number of carbonyl (C=O) groups is 2. The summed E-state index contributed by atoms with van der Waals surface area (Å²) in [5.41, 5.74) is 1.09. The van der Waals surface area contributed by atoms with Crippen LogP contribution in [0.3, 0.4) is 0 Å². The van der Waals surface area contributed by atoms with E-state index in [-0.39, 0.29) is 11.8 Å². The van der Waals surface area contributed by atoms with Gasteiger partial charge >= 0.3 is 0 Å². The van der Waals surface area contributed by atoms with Gasteiger partial charge in [0, 0.05) is 29.6 Å². The van der Waals surface area contributed by atoms with Crippen LogP contribution in [-0.2, 0) is 9.59 Å². The molecule has 0 aliphatic rings. The molecule has 0 fully saturated rings. The number of thiazole rings is 1. The SMILES string of the molecule is C/C=C/C=C/C(=O)Nc1nc(-c2ccc(NC(C)=O)cc2F)cs1. The van der Waals surface area contributed by atoms with Gasteiger partial charge in [-0.05, 0) is 25.1 Å². The standard InChI is InChI=1S/C17H16FN3O2S/c1-3-4-5-6-16(23)21-17-20-15(10-24-17)13-8-7-12(9-14(13)18)19-11(2)22/h3-10H,1-2H3,(H,19,22)(H,20,21,23)/b4-3+,6-5+. The monoisotopic (exact) mass is 345 g/mol. The van der Waals surface area contributed by atoms with Gasteiger partial charge in [-0.25, -0.2) is 9.37 Å². The molecule has 0 bridgehead atoms. The summed E-state index contributed by atoms with van der Waals surface area (Å²) in [6.45, 7) is 3.20. The lowest BCUT2D eigenvalue weighted by Crippen LogP contribution is -2.07. The van der Waals surface area contributed by atoms with Crippen molar-refractivity contribution in [3.63, 3.8) is 0 Å². The Morgan fingerprint density at radius 2 is 2.04 bits per heavy atom. The van der Waals surface area contributed by atoms with Crippen molar-refractivity contribution < 1.29 is 14.0 Å². The molecule has 0 aliphatic heterocycles. The topological polar surface area (TPSA) is 71.1 Å². The molecule has 2 rings (SSSR count). The number of halogens is 1. The summed E-state index contributed by atoms with van der Waals surface area (Å²) in [7, 11) is 0. The quantitative estimate of drug-likeness (QED) is 0.636. The van der Waals surface area contributed by atoms with Gasteiger partial charge in [0.2, 0.25) is 11.8 Å². The van der Waals surface area contributed by atoms with E-state index in [0.29, 0.717) is 22.1 Å². The number of nitrogens with one attached hydrogen (secondary N) is 2. The van der Waals surface area contributed by atoms with Crippen molar-refractivity contribution in [3.05, 3.63) is 53.7 Å². The van der Waals surface area contributed by atoms with Gasteiger partial charge in [0.25, 0.3) is 0 Å². The third-order valence-electron chi connectivity index (χ3n) is 2.85. The first-order chi connectivity index (χ1) is 11.5. The van der Waals surface area contributed by atoms with E-state index in [0.717, 1.165) is 0 Å². The number of benzene rings is 1. The van der Waals surface area contributed by atoms with Crippen molar-refractivity contribution in [2.45, 2.75) is 13.8 Å².